The van der Waals surface area contributed by atoms with E-state index in [1.54, 1.807) is 0 Å². The van der Waals surface area contributed by atoms with Gasteiger partial charge in [0, 0.05) is 32.2 Å². The van der Waals surface area contributed by atoms with Crippen molar-refractivity contribution in [3.63, 3.8) is 0 Å². The van der Waals surface area contributed by atoms with Crippen molar-refractivity contribution in [3.8, 4) is 0 Å². The third-order valence-electron chi connectivity index (χ3n) is 4.36. The number of carbonyl (C=O) groups is 1. The first kappa shape index (κ1) is 13.8. The molecule has 0 aromatic heterocycles. The second-order valence-corrected chi connectivity index (χ2v) is 5.87. The number of nitrogens with zero attached hydrogens (tertiary/aromatic N) is 2. The zero-order chi connectivity index (χ0) is 13.0. The summed E-state index contributed by atoms with van der Waals surface area (Å²) in [5.74, 6) is 0.274. The van der Waals surface area contributed by atoms with Crippen LogP contribution in [0.3, 0.4) is 0 Å². The lowest BCUT2D eigenvalue weighted by molar-refractivity contribution is -0.130. The van der Waals surface area contributed by atoms with Gasteiger partial charge >= 0.3 is 0 Å². The lowest BCUT2D eigenvalue weighted by atomic mass is 9.98. The van der Waals surface area contributed by atoms with E-state index in [9.17, 15) is 4.79 Å². The fourth-order valence-electron chi connectivity index (χ4n) is 3.07. The van der Waals surface area contributed by atoms with Gasteiger partial charge in [0.25, 0.3) is 0 Å². The fraction of sp³-hybridized carbons (Fsp3) is 0.929. The first-order valence-corrected chi connectivity index (χ1v) is 7.38. The molecule has 104 valence electrons. The Morgan fingerprint density at radius 2 is 2.17 bits per heavy atom. The lowest BCUT2D eigenvalue weighted by Crippen LogP contribution is -2.44. The van der Waals surface area contributed by atoms with E-state index in [1.165, 1.54) is 32.2 Å². The summed E-state index contributed by atoms with van der Waals surface area (Å²) in [4.78, 5) is 16.1. The van der Waals surface area contributed by atoms with E-state index in [2.05, 4.69) is 17.1 Å². The average Bonchev–Trinajstić information content (AvgIpc) is 2.53. The molecule has 2 saturated heterocycles. The minimum atomic E-state index is 0.274. The van der Waals surface area contributed by atoms with Crippen LogP contribution >= 0.6 is 0 Å². The summed E-state index contributed by atoms with van der Waals surface area (Å²) in [7, 11) is 1.92. The second kappa shape index (κ2) is 6.53. The summed E-state index contributed by atoms with van der Waals surface area (Å²) >= 11 is 0. The molecule has 1 amide bonds. The Kier molecular flexibility index (Phi) is 5.01. The molecule has 0 bridgehead atoms. The molecule has 2 aliphatic heterocycles. The molecule has 2 aliphatic rings. The molecule has 0 spiro atoms. The van der Waals surface area contributed by atoms with E-state index in [4.69, 9.17) is 0 Å². The van der Waals surface area contributed by atoms with Crippen molar-refractivity contribution in [1.82, 2.24) is 15.1 Å². The minimum absolute atomic E-state index is 0.274. The topological polar surface area (TPSA) is 35.6 Å². The highest BCUT2D eigenvalue weighted by Gasteiger charge is 2.25. The summed E-state index contributed by atoms with van der Waals surface area (Å²) in [6, 6.07) is 1.17. The molecule has 0 saturated carbocycles. The first-order valence-electron chi connectivity index (χ1n) is 7.38. The number of hydrogen-bond donors (Lipinski definition) is 1. The molecule has 2 rings (SSSR count). The molecule has 0 radical (unpaired) electrons. The fourth-order valence-corrected chi connectivity index (χ4v) is 3.07. The molecular weight excluding hydrogens is 226 g/mol. The normalized spacial score (nSPS) is 29.1. The maximum absolute atomic E-state index is 11.9. The van der Waals surface area contributed by atoms with Gasteiger partial charge in [-0.15, -0.1) is 0 Å². The Morgan fingerprint density at radius 1 is 1.33 bits per heavy atom. The van der Waals surface area contributed by atoms with Crippen LogP contribution in [0.1, 0.15) is 39.0 Å². The predicted octanol–water partition coefficient (Wildman–Crippen LogP) is 1.07. The quantitative estimate of drug-likeness (QED) is 0.817. The highest BCUT2D eigenvalue weighted by atomic mass is 16.2. The molecule has 4 heteroatoms. The predicted molar refractivity (Wildman–Crippen MR) is 73.5 cm³/mol. The molecule has 2 fully saturated rings. The standard InChI is InChI=1S/C14H27N3O/c1-12(10-13-6-3-4-7-15-13)17-9-5-8-16(2)14(18)11-17/h12-13,15H,3-11H2,1-2H3. The summed E-state index contributed by atoms with van der Waals surface area (Å²) in [5.41, 5.74) is 0. The molecule has 2 atom stereocenters. The van der Waals surface area contributed by atoms with Crippen molar-refractivity contribution in [2.45, 2.75) is 51.1 Å². The van der Waals surface area contributed by atoms with Crippen molar-refractivity contribution in [2.75, 3.05) is 33.2 Å². The number of amides is 1. The largest absolute Gasteiger partial charge is 0.345 e. The number of piperidine rings is 1. The third-order valence-corrected chi connectivity index (χ3v) is 4.36. The van der Waals surface area contributed by atoms with Gasteiger partial charge in [-0.05, 0) is 39.2 Å². The van der Waals surface area contributed by atoms with Crippen molar-refractivity contribution in [3.05, 3.63) is 0 Å². The van der Waals surface area contributed by atoms with Gasteiger partial charge in [-0.1, -0.05) is 6.42 Å². The zero-order valence-electron chi connectivity index (χ0n) is 11.8. The first-order chi connectivity index (χ1) is 8.66. The van der Waals surface area contributed by atoms with Crippen molar-refractivity contribution in [1.29, 1.82) is 0 Å². The molecule has 2 heterocycles. The van der Waals surface area contributed by atoms with Gasteiger partial charge in [-0.25, -0.2) is 0 Å². The van der Waals surface area contributed by atoms with Crippen LogP contribution in [0, 0.1) is 0 Å². The highest BCUT2D eigenvalue weighted by Crippen LogP contribution is 2.16. The van der Waals surface area contributed by atoms with Gasteiger partial charge in [-0.3, -0.25) is 9.69 Å². The van der Waals surface area contributed by atoms with Gasteiger partial charge < -0.3 is 10.2 Å². The van der Waals surface area contributed by atoms with E-state index in [-0.39, 0.29) is 5.91 Å². The van der Waals surface area contributed by atoms with Crippen LogP contribution in [0.15, 0.2) is 0 Å². The smallest absolute Gasteiger partial charge is 0.236 e. The van der Waals surface area contributed by atoms with Gasteiger partial charge in [0.15, 0.2) is 0 Å². The van der Waals surface area contributed by atoms with E-state index < -0.39 is 0 Å². The SMILES string of the molecule is CC(CC1CCCCN1)N1CCCN(C)C(=O)C1. The summed E-state index contributed by atoms with van der Waals surface area (Å²) in [6.45, 7) is 6.01. The Bertz CT molecular complexity index is 276. The van der Waals surface area contributed by atoms with Gasteiger partial charge in [-0.2, -0.15) is 0 Å². The third kappa shape index (κ3) is 3.69. The van der Waals surface area contributed by atoms with Gasteiger partial charge in [0.2, 0.25) is 5.91 Å². The number of likely N-dealkylation sites (N-methyl/N-ethyl adjacent to an activating group) is 1. The molecule has 0 aromatic rings. The highest BCUT2D eigenvalue weighted by molar-refractivity contribution is 5.78. The van der Waals surface area contributed by atoms with Crippen LogP contribution < -0.4 is 5.32 Å². The van der Waals surface area contributed by atoms with E-state index in [0.717, 1.165) is 19.5 Å². The Balaban J connectivity index is 1.83. The molecule has 0 aromatic carbocycles. The number of nitrogens with one attached hydrogen (secondary N) is 1. The van der Waals surface area contributed by atoms with Crippen LogP contribution in [0.2, 0.25) is 0 Å². The van der Waals surface area contributed by atoms with E-state index in [0.29, 0.717) is 18.6 Å². The molecule has 18 heavy (non-hydrogen) atoms. The summed E-state index contributed by atoms with van der Waals surface area (Å²) in [5, 5.41) is 3.60. The molecular formula is C14H27N3O. The van der Waals surface area contributed by atoms with Gasteiger partial charge in [0.1, 0.15) is 0 Å². The van der Waals surface area contributed by atoms with Crippen LogP contribution in [0.25, 0.3) is 0 Å². The Morgan fingerprint density at radius 3 is 2.89 bits per heavy atom. The summed E-state index contributed by atoms with van der Waals surface area (Å²) < 4.78 is 0. The number of hydrogen-bond acceptors (Lipinski definition) is 3. The monoisotopic (exact) mass is 253 g/mol. The van der Waals surface area contributed by atoms with Crippen LogP contribution in [-0.2, 0) is 4.79 Å². The number of carbonyl (C=O) groups excluding carboxylic acids is 1. The molecule has 0 aliphatic carbocycles. The van der Waals surface area contributed by atoms with Crippen molar-refractivity contribution in [2.24, 2.45) is 0 Å². The van der Waals surface area contributed by atoms with Crippen LogP contribution in [0.4, 0.5) is 0 Å². The Labute approximate surface area is 111 Å². The Hall–Kier alpha value is -0.610. The molecule has 1 N–H and O–H groups in total. The maximum atomic E-state index is 11.9. The van der Waals surface area contributed by atoms with Crippen LogP contribution in [0.5, 0.6) is 0 Å². The minimum Gasteiger partial charge on any atom is -0.345 e. The van der Waals surface area contributed by atoms with E-state index >= 15 is 0 Å². The molecule has 4 nitrogen and oxygen atoms in total. The average molecular weight is 253 g/mol. The van der Waals surface area contributed by atoms with Gasteiger partial charge in [0.05, 0.1) is 6.54 Å². The maximum Gasteiger partial charge on any atom is 0.236 e. The summed E-state index contributed by atoms with van der Waals surface area (Å²) in [6.07, 6.45) is 6.25. The van der Waals surface area contributed by atoms with Crippen LogP contribution in [-0.4, -0.2) is 61.0 Å². The number of rotatable bonds is 3. The van der Waals surface area contributed by atoms with Crippen molar-refractivity contribution < 1.29 is 4.79 Å². The van der Waals surface area contributed by atoms with E-state index in [1.807, 2.05) is 11.9 Å². The van der Waals surface area contributed by atoms with Crippen molar-refractivity contribution >= 4 is 5.91 Å². The lowest BCUT2D eigenvalue weighted by Gasteiger charge is -2.32. The molecule has 2 unspecified atom stereocenters. The zero-order valence-corrected chi connectivity index (χ0v) is 11.8. The second-order valence-electron chi connectivity index (χ2n) is 5.87.